The maximum atomic E-state index is 12.5. The van der Waals surface area contributed by atoms with Crippen LogP contribution in [0.1, 0.15) is 45.5 Å². The molecule has 1 aromatic rings. The number of rotatable bonds is 3. The van der Waals surface area contributed by atoms with Gasteiger partial charge in [-0.15, -0.1) is 0 Å². The number of benzene rings is 1. The molecule has 2 aliphatic rings. The lowest BCUT2D eigenvalue weighted by atomic mass is 9.96. The van der Waals surface area contributed by atoms with Gasteiger partial charge in [0.1, 0.15) is 5.60 Å². The zero-order valence-electron chi connectivity index (χ0n) is 16.2. The second-order valence-electron chi connectivity index (χ2n) is 7.93. The van der Waals surface area contributed by atoms with Crippen molar-refractivity contribution in [1.82, 2.24) is 4.90 Å². The molecule has 0 atom stereocenters. The summed E-state index contributed by atoms with van der Waals surface area (Å²) in [5.74, 6) is -0.121. The van der Waals surface area contributed by atoms with Crippen molar-refractivity contribution in [2.75, 3.05) is 31.6 Å². The Morgan fingerprint density at radius 1 is 1.07 bits per heavy atom. The van der Waals surface area contributed by atoms with Crippen molar-refractivity contribution in [2.24, 2.45) is 5.92 Å². The van der Waals surface area contributed by atoms with Gasteiger partial charge in [-0.05, 0) is 45.7 Å². The van der Waals surface area contributed by atoms with E-state index in [1.807, 2.05) is 45.0 Å². The van der Waals surface area contributed by atoms with Gasteiger partial charge in [-0.1, -0.05) is 12.1 Å². The van der Waals surface area contributed by atoms with Gasteiger partial charge in [0.15, 0.2) is 6.29 Å². The Hall–Kier alpha value is -2.12. The maximum Gasteiger partial charge on any atom is 0.410 e. The third kappa shape index (κ3) is 5.43. The van der Waals surface area contributed by atoms with Crippen molar-refractivity contribution in [3.05, 3.63) is 29.8 Å². The SMILES string of the molecule is CC(C)(C)OC(=O)N1CCC(C(=O)Nc2ccc(C3OCCO3)cc2)CC1. The van der Waals surface area contributed by atoms with E-state index in [4.69, 9.17) is 14.2 Å². The van der Waals surface area contributed by atoms with Crippen LogP contribution in [0.2, 0.25) is 0 Å². The van der Waals surface area contributed by atoms with Crippen molar-refractivity contribution in [3.63, 3.8) is 0 Å². The monoisotopic (exact) mass is 376 g/mol. The number of anilines is 1. The van der Waals surface area contributed by atoms with E-state index < -0.39 is 5.60 Å². The van der Waals surface area contributed by atoms with Crippen LogP contribution >= 0.6 is 0 Å². The molecule has 2 amide bonds. The van der Waals surface area contributed by atoms with Gasteiger partial charge in [0.25, 0.3) is 0 Å². The highest BCUT2D eigenvalue weighted by atomic mass is 16.7. The van der Waals surface area contributed by atoms with Crippen molar-refractivity contribution >= 4 is 17.7 Å². The molecule has 0 radical (unpaired) electrons. The highest BCUT2D eigenvalue weighted by Crippen LogP contribution is 2.25. The number of carbonyl (C=O) groups excluding carboxylic acids is 2. The Bertz CT molecular complexity index is 654. The molecule has 0 aromatic heterocycles. The van der Waals surface area contributed by atoms with Crippen LogP contribution in [0.15, 0.2) is 24.3 Å². The summed E-state index contributed by atoms with van der Waals surface area (Å²) < 4.78 is 16.3. The normalized spacial score (nSPS) is 19.1. The smallest absolute Gasteiger partial charge is 0.410 e. The summed E-state index contributed by atoms with van der Waals surface area (Å²) in [6.07, 6.45) is 0.639. The number of hydrogen-bond acceptors (Lipinski definition) is 5. The Balaban J connectivity index is 1.47. The first-order valence-corrected chi connectivity index (χ1v) is 9.44. The molecule has 7 nitrogen and oxygen atoms in total. The zero-order chi connectivity index (χ0) is 19.4. The Labute approximate surface area is 160 Å². The van der Waals surface area contributed by atoms with Crippen molar-refractivity contribution in [2.45, 2.75) is 45.5 Å². The molecular formula is C20H28N2O5. The quantitative estimate of drug-likeness (QED) is 0.876. The van der Waals surface area contributed by atoms with E-state index in [0.717, 1.165) is 11.3 Å². The van der Waals surface area contributed by atoms with Crippen LogP contribution in [0.3, 0.4) is 0 Å². The maximum absolute atomic E-state index is 12.5. The molecule has 27 heavy (non-hydrogen) atoms. The molecule has 2 aliphatic heterocycles. The molecule has 0 saturated carbocycles. The molecule has 2 saturated heterocycles. The number of ether oxygens (including phenoxy) is 3. The van der Waals surface area contributed by atoms with Gasteiger partial charge < -0.3 is 24.4 Å². The molecule has 148 valence electrons. The van der Waals surface area contributed by atoms with E-state index >= 15 is 0 Å². The summed E-state index contributed by atoms with van der Waals surface area (Å²) in [6, 6.07) is 7.51. The van der Waals surface area contributed by atoms with Crippen LogP contribution in [0.5, 0.6) is 0 Å². The molecule has 2 fully saturated rings. The lowest BCUT2D eigenvalue weighted by molar-refractivity contribution is -0.121. The molecule has 0 aliphatic carbocycles. The molecule has 2 heterocycles. The number of carbonyl (C=O) groups is 2. The van der Waals surface area contributed by atoms with Crippen molar-refractivity contribution < 1.29 is 23.8 Å². The molecule has 1 N–H and O–H groups in total. The fourth-order valence-electron chi connectivity index (χ4n) is 3.17. The Kier molecular flexibility index (Phi) is 6.01. The summed E-state index contributed by atoms with van der Waals surface area (Å²) in [7, 11) is 0. The molecule has 1 aromatic carbocycles. The van der Waals surface area contributed by atoms with Gasteiger partial charge in [0, 0.05) is 30.3 Å². The minimum Gasteiger partial charge on any atom is -0.444 e. The standard InChI is InChI=1S/C20H28N2O5/c1-20(2,3)27-19(24)22-10-8-14(9-11-22)17(23)21-16-6-4-15(5-7-16)18-25-12-13-26-18/h4-7,14,18H,8-13H2,1-3H3,(H,21,23). The topological polar surface area (TPSA) is 77.1 Å². The van der Waals surface area contributed by atoms with E-state index in [0.29, 0.717) is 39.1 Å². The van der Waals surface area contributed by atoms with Crippen molar-refractivity contribution in [3.8, 4) is 0 Å². The second-order valence-corrected chi connectivity index (χ2v) is 7.93. The number of piperidine rings is 1. The summed E-state index contributed by atoms with van der Waals surface area (Å²) in [6.45, 7) is 7.81. The van der Waals surface area contributed by atoms with Crippen LogP contribution in [-0.4, -0.2) is 48.8 Å². The average molecular weight is 376 g/mol. The first kappa shape index (κ1) is 19.6. The molecule has 0 unspecified atom stereocenters. The first-order chi connectivity index (χ1) is 12.8. The van der Waals surface area contributed by atoms with Crippen molar-refractivity contribution in [1.29, 1.82) is 0 Å². The highest BCUT2D eigenvalue weighted by Gasteiger charge is 2.30. The van der Waals surface area contributed by atoms with Gasteiger partial charge in [-0.3, -0.25) is 4.79 Å². The van der Waals surface area contributed by atoms with E-state index in [2.05, 4.69) is 5.32 Å². The van der Waals surface area contributed by atoms with E-state index in [9.17, 15) is 9.59 Å². The number of nitrogens with one attached hydrogen (secondary N) is 1. The zero-order valence-corrected chi connectivity index (χ0v) is 16.2. The van der Waals surface area contributed by atoms with Gasteiger partial charge in [-0.2, -0.15) is 0 Å². The first-order valence-electron chi connectivity index (χ1n) is 9.44. The van der Waals surface area contributed by atoms with E-state index in [-0.39, 0.29) is 24.2 Å². The third-order valence-electron chi connectivity index (χ3n) is 4.59. The fraction of sp³-hybridized carbons (Fsp3) is 0.600. The third-order valence-corrected chi connectivity index (χ3v) is 4.59. The Morgan fingerprint density at radius 3 is 2.22 bits per heavy atom. The fourth-order valence-corrected chi connectivity index (χ4v) is 3.17. The van der Waals surface area contributed by atoms with E-state index in [1.165, 1.54) is 0 Å². The number of likely N-dealkylation sites (tertiary alicyclic amines) is 1. The van der Waals surface area contributed by atoms with Gasteiger partial charge >= 0.3 is 6.09 Å². The summed E-state index contributed by atoms with van der Waals surface area (Å²) >= 11 is 0. The van der Waals surface area contributed by atoms with Crippen LogP contribution in [0, 0.1) is 5.92 Å². The van der Waals surface area contributed by atoms with Gasteiger partial charge in [0.05, 0.1) is 13.2 Å². The molecule has 0 bridgehead atoms. The lowest BCUT2D eigenvalue weighted by Gasteiger charge is -2.32. The summed E-state index contributed by atoms with van der Waals surface area (Å²) in [5.41, 5.74) is 1.18. The number of nitrogens with zero attached hydrogens (tertiary/aromatic N) is 1. The molecule has 0 spiro atoms. The van der Waals surface area contributed by atoms with E-state index in [1.54, 1.807) is 4.90 Å². The summed E-state index contributed by atoms with van der Waals surface area (Å²) in [5, 5.41) is 2.96. The van der Waals surface area contributed by atoms with Gasteiger partial charge in [-0.25, -0.2) is 4.79 Å². The minimum atomic E-state index is -0.508. The minimum absolute atomic E-state index is 0.0139. The average Bonchev–Trinajstić information content (AvgIpc) is 3.16. The number of hydrogen-bond donors (Lipinski definition) is 1. The van der Waals surface area contributed by atoms with Crippen LogP contribution in [0.4, 0.5) is 10.5 Å². The molecular weight excluding hydrogens is 348 g/mol. The highest BCUT2D eigenvalue weighted by molar-refractivity contribution is 5.92. The summed E-state index contributed by atoms with van der Waals surface area (Å²) in [4.78, 5) is 26.3. The molecule has 3 rings (SSSR count). The molecule has 7 heteroatoms. The number of amides is 2. The van der Waals surface area contributed by atoms with Crippen LogP contribution in [-0.2, 0) is 19.0 Å². The largest absolute Gasteiger partial charge is 0.444 e. The second kappa shape index (κ2) is 8.27. The lowest BCUT2D eigenvalue weighted by Crippen LogP contribution is -2.43. The Morgan fingerprint density at radius 2 is 1.67 bits per heavy atom. The van der Waals surface area contributed by atoms with Crippen LogP contribution in [0.25, 0.3) is 0 Å². The predicted octanol–water partition coefficient (Wildman–Crippen LogP) is 3.32. The van der Waals surface area contributed by atoms with Gasteiger partial charge in [0.2, 0.25) is 5.91 Å². The van der Waals surface area contributed by atoms with Crippen LogP contribution < -0.4 is 5.32 Å². The predicted molar refractivity (Wildman–Crippen MR) is 100 cm³/mol.